The summed E-state index contributed by atoms with van der Waals surface area (Å²) in [6.07, 6.45) is 2.90. The van der Waals surface area contributed by atoms with Crippen LogP contribution in [0.4, 0.5) is 0 Å². The topological polar surface area (TPSA) is 46.5 Å². The van der Waals surface area contributed by atoms with E-state index in [0.29, 0.717) is 25.9 Å². The highest BCUT2D eigenvalue weighted by atomic mass is 16.5. The molecule has 1 atom stereocenters. The number of hydrogen-bond donors (Lipinski definition) is 1. The van der Waals surface area contributed by atoms with Crippen LogP contribution in [0, 0.1) is 0 Å². The lowest BCUT2D eigenvalue weighted by molar-refractivity contribution is -0.108. The van der Waals surface area contributed by atoms with Crippen molar-refractivity contribution in [1.82, 2.24) is 0 Å². The van der Waals surface area contributed by atoms with Crippen molar-refractivity contribution in [3.05, 3.63) is 65.7 Å². The lowest BCUT2D eigenvalue weighted by Crippen LogP contribution is -2.08. The summed E-state index contributed by atoms with van der Waals surface area (Å²) < 4.78 is 5.74. The molecule has 0 bridgehead atoms. The average Bonchev–Trinajstić information content (AvgIpc) is 2.58. The number of carbonyl (C=O) groups is 1. The Bertz CT molecular complexity index is 549. The van der Waals surface area contributed by atoms with Crippen LogP contribution in [0.15, 0.2) is 54.6 Å². The van der Waals surface area contributed by atoms with Gasteiger partial charge in [-0.2, -0.15) is 0 Å². The lowest BCUT2D eigenvalue weighted by atomic mass is 10.0. The highest BCUT2D eigenvalue weighted by Crippen LogP contribution is 2.16. The number of carbonyl (C=O) groups excluding carboxylic acids is 1. The van der Waals surface area contributed by atoms with Crippen molar-refractivity contribution in [2.45, 2.75) is 38.4 Å². The third-order valence-electron chi connectivity index (χ3n) is 3.56. The lowest BCUT2D eigenvalue weighted by Gasteiger charge is -2.10. The van der Waals surface area contributed by atoms with Gasteiger partial charge in [0.15, 0.2) is 0 Å². The summed E-state index contributed by atoms with van der Waals surface area (Å²) in [4.78, 5) is 10.3. The van der Waals surface area contributed by atoms with Crippen molar-refractivity contribution in [3.8, 4) is 5.75 Å². The van der Waals surface area contributed by atoms with Crippen LogP contribution in [0.2, 0.25) is 0 Å². The van der Waals surface area contributed by atoms with E-state index >= 15 is 0 Å². The molecule has 3 nitrogen and oxygen atoms in total. The zero-order chi connectivity index (χ0) is 15.6. The van der Waals surface area contributed by atoms with Crippen LogP contribution < -0.4 is 4.74 Å². The quantitative estimate of drug-likeness (QED) is 0.720. The second-order valence-corrected chi connectivity index (χ2v) is 5.35. The van der Waals surface area contributed by atoms with Gasteiger partial charge in [-0.05, 0) is 42.5 Å². The molecule has 0 radical (unpaired) electrons. The number of rotatable bonds is 9. The van der Waals surface area contributed by atoms with Gasteiger partial charge in [0.25, 0.3) is 0 Å². The molecule has 2 aromatic rings. The van der Waals surface area contributed by atoms with Crippen molar-refractivity contribution in [2.75, 3.05) is 0 Å². The molecule has 0 saturated heterocycles. The van der Waals surface area contributed by atoms with Gasteiger partial charge in [-0.3, -0.25) is 0 Å². The molecule has 116 valence electrons. The molecule has 3 heteroatoms. The van der Waals surface area contributed by atoms with Gasteiger partial charge in [0.1, 0.15) is 18.6 Å². The van der Waals surface area contributed by atoms with Crippen LogP contribution in [0.5, 0.6) is 5.75 Å². The van der Waals surface area contributed by atoms with Gasteiger partial charge in [0, 0.05) is 6.42 Å². The molecule has 22 heavy (non-hydrogen) atoms. The molecule has 0 aromatic heterocycles. The Kier molecular flexibility index (Phi) is 6.65. The van der Waals surface area contributed by atoms with E-state index in [1.807, 2.05) is 54.6 Å². The van der Waals surface area contributed by atoms with Crippen LogP contribution >= 0.6 is 0 Å². The average molecular weight is 298 g/mol. The fourth-order valence-corrected chi connectivity index (χ4v) is 2.23. The molecule has 0 saturated carbocycles. The summed E-state index contributed by atoms with van der Waals surface area (Å²) in [5.74, 6) is 0.842. The number of aryl methyl sites for hydroxylation is 1. The van der Waals surface area contributed by atoms with Crippen LogP contribution in [-0.2, 0) is 17.8 Å². The van der Waals surface area contributed by atoms with Gasteiger partial charge >= 0.3 is 0 Å². The van der Waals surface area contributed by atoms with E-state index < -0.39 is 6.10 Å². The first-order chi connectivity index (χ1) is 10.8. The summed E-state index contributed by atoms with van der Waals surface area (Å²) >= 11 is 0. The zero-order valence-electron chi connectivity index (χ0n) is 12.7. The molecule has 0 aliphatic carbocycles. The highest BCUT2D eigenvalue weighted by Gasteiger charge is 2.04. The molecule has 0 heterocycles. The fourth-order valence-electron chi connectivity index (χ4n) is 2.23. The smallest absolute Gasteiger partial charge is 0.120 e. The molecule has 1 N–H and O–H groups in total. The second kappa shape index (κ2) is 9.00. The standard InChI is InChI=1S/C19H22O3/c20-14-4-7-18(21)11-8-16-9-12-19(13-10-16)22-15-17-5-2-1-3-6-17/h1-3,5-6,9-10,12-14,18,21H,4,7-8,11,15H2/t18-/m1/s1. The number of aliphatic hydroxyl groups is 1. The Morgan fingerprint density at radius 3 is 2.36 bits per heavy atom. The van der Waals surface area contributed by atoms with Crippen LogP contribution in [0.25, 0.3) is 0 Å². The molecule has 2 rings (SSSR count). The fraction of sp³-hybridized carbons (Fsp3) is 0.316. The first-order valence-electron chi connectivity index (χ1n) is 7.65. The van der Waals surface area contributed by atoms with E-state index in [4.69, 9.17) is 4.74 Å². The predicted octanol–water partition coefficient (Wildman–Crippen LogP) is 3.54. The number of aldehydes is 1. The summed E-state index contributed by atoms with van der Waals surface area (Å²) in [5.41, 5.74) is 2.31. The molecule has 2 aromatic carbocycles. The van der Waals surface area contributed by atoms with Crippen LogP contribution in [-0.4, -0.2) is 17.5 Å². The van der Waals surface area contributed by atoms with Crippen molar-refractivity contribution < 1.29 is 14.6 Å². The molecule has 0 unspecified atom stereocenters. The van der Waals surface area contributed by atoms with Gasteiger partial charge in [0.05, 0.1) is 6.10 Å². The van der Waals surface area contributed by atoms with E-state index in [1.165, 1.54) is 0 Å². The molecule has 0 aliphatic heterocycles. The molecule has 0 spiro atoms. The van der Waals surface area contributed by atoms with Crippen LogP contribution in [0.3, 0.4) is 0 Å². The van der Waals surface area contributed by atoms with E-state index in [1.54, 1.807) is 0 Å². The summed E-state index contributed by atoms with van der Waals surface area (Å²) in [7, 11) is 0. The van der Waals surface area contributed by atoms with Crippen molar-refractivity contribution in [2.24, 2.45) is 0 Å². The number of aliphatic hydroxyl groups excluding tert-OH is 1. The van der Waals surface area contributed by atoms with Gasteiger partial charge in [-0.1, -0.05) is 42.5 Å². The summed E-state index contributed by atoms with van der Waals surface area (Å²) in [5, 5.41) is 9.72. The molecular weight excluding hydrogens is 276 g/mol. The molecule has 0 amide bonds. The Morgan fingerprint density at radius 1 is 0.955 bits per heavy atom. The van der Waals surface area contributed by atoms with Crippen molar-refractivity contribution in [3.63, 3.8) is 0 Å². The van der Waals surface area contributed by atoms with E-state index in [9.17, 15) is 9.90 Å². The normalized spacial score (nSPS) is 11.9. The molecule has 0 fully saturated rings. The van der Waals surface area contributed by atoms with Crippen molar-refractivity contribution in [1.29, 1.82) is 0 Å². The number of hydrogen-bond acceptors (Lipinski definition) is 3. The first-order valence-corrected chi connectivity index (χ1v) is 7.65. The summed E-state index contributed by atoms with van der Waals surface area (Å²) in [6, 6.07) is 18.0. The minimum absolute atomic E-state index is 0.404. The molecule has 0 aliphatic rings. The number of benzene rings is 2. The Balaban J connectivity index is 1.76. The zero-order valence-corrected chi connectivity index (χ0v) is 12.7. The summed E-state index contributed by atoms with van der Waals surface area (Å²) in [6.45, 7) is 0.560. The Labute approximate surface area is 131 Å². The van der Waals surface area contributed by atoms with E-state index in [0.717, 1.165) is 29.6 Å². The molecular formula is C19H22O3. The van der Waals surface area contributed by atoms with Gasteiger partial charge in [0.2, 0.25) is 0 Å². The maximum absolute atomic E-state index is 10.3. The SMILES string of the molecule is O=CCC[C@@H](O)CCc1ccc(OCc2ccccc2)cc1. The maximum atomic E-state index is 10.3. The second-order valence-electron chi connectivity index (χ2n) is 5.35. The Hall–Kier alpha value is -2.13. The predicted molar refractivity (Wildman–Crippen MR) is 86.8 cm³/mol. The van der Waals surface area contributed by atoms with E-state index in [2.05, 4.69) is 0 Å². The highest BCUT2D eigenvalue weighted by molar-refractivity contribution is 5.49. The first kappa shape index (κ1) is 16.2. The van der Waals surface area contributed by atoms with Crippen LogP contribution in [0.1, 0.15) is 30.4 Å². The third-order valence-corrected chi connectivity index (χ3v) is 3.56. The third kappa shape index (κ3) is 5.70. The monoisotopic (exact) mass is 298 g/mol. The Morgan fingerprint density at radius 2 is 1.68 bits per heavy atom. The van der Waals surface area contributed by atoms with Gasteiger partial charge in [-0.15, -0.1) is 0 Å². The minimum Gasteiger partial charge on any atom is -0.489 e. The van der Waals surface area contributed by atoms with Crippen molar-refractivity contribution >= 4 is 6.29 Å². The minimum atomic E-state index is -0.404. The van der Waals surface area contributed by atoms with E-state index in [-0.39, 0.29) is 0 Å². The largest absolute Gasteiger partial charge is 0.489 e. The maximum Gasteiger partial charge on any atom is 0.120 e. The number of ether oxygens (including phenoxy) is 1. The van der Waals surface area contributed by atoms with Gasteiger partial charge < -0.3 is 14.6 Å². The van der Waals surface area contributed by atoms with Gasteiger partial charge in [-0.25, -0.2) is 0 Å².